The van der Waals surface area contributed by atoms with Gasteiger partial charge in [0, 0.05) is 6.08 Å². The van der Waals surface area contributed by atoms with E-state index in [-0.39, 0.29) is 6.42 Å². The van der Waals surface area contributed by atoms with Crippen molar-refractivity contribution in [2.75, 3.05) is 13.3 Å². The fraction of sp³-hybridized carbons (Fsp3) is 0.571. The molecular weight excluding hydrogens is 135 g/mol. The molecule has 0 N–H and O–H groups in total. The number of hydrogen-bond acceptors (Lipinski definition) is 2. The van der Waals surface area contributed by atoms with Crippen LogP contribution in [0.15, 0.2) is 12.2 Å². The zero-order valence-corrected chi connectivity index (χ0v) is 5.97. The van der Waals surface area contributed by atoms with E-state index < -0.39 is 12.6 Å². The predicted octanol–water partition coefficient (Wildman–Crippen LogP) is 1.47. The lowest BCUT2D eigenvalue weighted by Gasteiger charge is -1.92. The van der Waals surface area contributed by atoms with Crippen LogP contribution in [0, 0.1) is 0 Å². The molecule has 0 spiro atoms. The zero-order valence-electron chi connectivity index (χ0n) is 5.97. The second-order valence-corrected chi connectivity index (χ2v) is 1.63. The number of allylic oxidation sites excluding steroid dienone is 1. The minimum atomic E-state index is -0.435. The number of alkyl halides is 1. The summed E-state index contributed by atoms with van der Waals surface area (Å²) in [5.74, 6) is -0.407. The number of halogens is 1. The highest BCUT2D eigenvalue weighted by atomic mass is 19.1. The molecule has 0 saturated carbocycles. The van der Waals surface area contributed by atoms with Crippen molar-refractivity contribution >= 4 is 5.97 Å². The lowest BCUT2D eigenvalue weighted by Crippen LogP contribution is -1.98. The molecule has 2 nitrogen and oxygen atoms in total. The molecule has 0 radical (unpaired) electrons. The normalized spacial score (nSPS) is 10.2. The van der Waals surface area contributed by atoms with Crippen molar-refractivity contribution in [3.8, 4) is 0 Å². The Morgan fingerprint density at radius 1 is 1.70 bits per heavy atom. The molecule has 0 aliphatic carbocycles. The van der Waals surface area contributed by atoms with Gasteiger partial charge in [0.25, 0.3) is 0 Å². The number of esters is 1. The molecule has 0 aliphatic rings. The third-order valence-corrected chi connectivity index (χ3v) is 0.816. The van der Waals surface area contributed by atoms with Gasteiger partial charge in [0.2, 0.25) is 0 Å². The zero-order chi connectivity index (χ0) is 7.82. The molecule has 0 heterocycles. The maximum atomic E-state index is 11.4. The Bertz CT molecular complexity index is 121. The van der Waals surface area contributed by atoms with Gasteiger partial charge in [0.1, 0.15) is 0 Å². The first kappa shape index (κ1) is 9.14. The smallest absolute Gasteiger partial charge is 0.330 e. The highest BCUT2D eigenvalue weighted by molar-refractivity contribution is 5.81. The van der Waals surface area contributed by atoms with Gasteiger partial charge in [0.15, 0.2) is 0 Å². The molecule has 58 valence electrons. The van der Waals surface area contributed by atoms with Gasteiger partial charge in [-0.3, -0.25) is 4.39 Å². The van der Waals surface area contributed by atoms with Crippen LogP contribution in [-0.2, 0) is 9.53 Å². The van der Waals surface area contributed by atoms with Crippen molar-refractivity contribution in [2.45, 2.75) is 13.3 Å². The Morgan fingerprint density at radius 3 is 2.90 bits per heavy atom. The Hall–Kier alpha value is -0.860. The minimum absolute atomic E-state index is 0.277. The fourth-order valence-corrected chi connectivity index (χ4v) is 0.433. The molecule has 0 rings (SSSR count). The van der Waals surface area contributed by atoms with Gasteiger partial charge in [-0.05, 0) is 13.3 Å². The Labute approximate surface area is 59.7 Å². The summed E-state index contributed by atoms with van der Waals surface area (Å²) in [6.45, 7) is 1.65. The second-order valence-electron chi connectivity index (χ2n) is 1.63. The molecule has 0 aliphatic heterocycles. The fourth-order valence-electron chi connectivity index (χ4n) is 0.433. The topological polar surface area (TPSA) is 26.3 Å². The minimum Gasteiger partial charge on any atom is -0.463 e. The van der Waals surface area contributed by atoms with Gasteiger partial charge in [-0.25, -0.2) is 4.79 Å². The molecule has 0 aromatic rings. The first-order valence-electron chi connectivity index (χ1n) is 3.20. The molecule has 0 amide bonds. The highest BCUT2D eigenvalue weighted by Gasteiger charge is 1.90. The van der Waals surface area contributed by atoms with E-state index in [1.54, 1.807) is 6.92 Å². The summed E-state index contributed by atoms with van der Waals surface area (Å²) in [7, 11) is 0. The molecule has 0 atom stereocenters. The van der Waals surface area contributed by atoms with Crippen LogP contribution >= 0.6 is 0 Å². The van der Waals surface area contributed by atoms with E-state index in [2.05, 4.69) is 4.74 Å². The predicted molar refractivity (Wildman–Crippen MR) is 36.4 cm³/mol. The molecule has 0 fully saturated rings. The molecule has 3 heteroatoms. The SMILES string of the molecule is CCOC(=O)C=CCCF. The summed E-state index contributed by atoms with van der Waals surface area (Å²) in [6.07, 6.45) is 2.97. The summed E-state index contributed by atoms with van der Waals surface area (Å²) >= 11 is 0. The summed E-state index contributed by atoms with van der Waals surface area (Å²) in [5.41, 5.74) is 0. The first-order chi connectivity index (χ1) is 4.81. The molecule has 10 heavy (non-hydrogen) atoms. The average Bonchev–Trinajstić information content (AvgIpc) is 1.89. The summed E-state index contributed by atoms with van der Waals surface area (Å²) in [5, 5.41) is 0. The Balaban J connectivity index is 3.36. The number of hydrogen-bond donors (Lipinski definition) is 0. The van der Waals surface area contributed by atoms with E-state index in [1.165, 1.54) is 12.2 Å². The molecule has 0 saturated heterocycles. The standard InChI is InChI=1S/C7H11FO2/c1-2-10-7(9)5-3-4-6-8/h3,5H,2,4,6H2,1H3. The monoisotopic (exact) mass is 146 g/mol. The van der Waals surface area contributed by atoms with Crippen LogP contribution in [-0.4, -0.2) is 19.3 Å². The number of ether oxygens (including phenoxy) is 1. The van der Waals surface area contributed by atoms with Gasteiger partial charge in [-0.15, -0.1) is 0 Å². The van der Waals surface area contributed by atoms with Crippen molar-refractivity contribution in [2.24, 2.45) is 0 Å². The van der Waals surface area contributed by atoms with Crippen LogP contribution in [0.5, 0.6) is 0 Å². The molecule has 0 aromatic heterocycles. The van der Waals surface area contributed by atoms with Crippen LogP contribution < -0.4 is 0 Å². The summed E-state index contributed by atoms with van der Waals surface area (Å²) in [6, 6.07) is 0. The van der Waals surface area contributed by atoms with Gasteiger partial charge >= 0.3 is 5.97 Å². The summed E-state index contributed by atoms with van der Waals surface area (Å²) in [4.78, 5) is 10.5. The van der Waals surface area contributed by atoms with Crippen LogP contribution in [0.1, 0.15) is 13.3 Å². The van der Waals surface area contributed by atoms with E-state index in [0.29, 0.717) is 6.61 Å². The van der Waals surface area contributed by atoms with Gasteiger partial charge in [0.05, 0.1) is 13.3 Å². The van der Waals surface area contributed by atoms with Gasteiger partial charge in [-0.1, -0.05) is 6.08 Å². The third-order valence-electron chi connectivity index (χ3n) is 0.816. The van der Waals surface area contributed by atoms with Crippen molar-refractivity contribution in [1.82, 2.24) is 0 Å². The van der Waals surface area contributed by atoms with Crippen LogP contribution in [0.3, 0.4) is 0 Å². The van der Waals surface area contributed by atoms with Crippen molar-refractivity contribution < 1.29 is 13.9 Å². The van der Waals surface area contributed by atoms with E-state index in [1.807, 2.05) is 0 Å². The van der Waals surface area contributed by atoms with Crippen molar-refractivity contribution in [3.05, 3.63) is 12.2 Å². The van der Waals surface area contributed by atoms with Crippen molar-refractivity contribution in [3.63, 3.8) is 0 Å². The lowest BCUT2D eigenvalue weighted by molar-refractivity contribution is -0.137. The summed E-state index contributed by atoms with van der Waals surface area (Å²) < 4.78 is 16.0. The molecule has 0 aromatic carbocycles. The van der Waals surface area contributed by atoms with E-state index in [0.717, 1.165) is 0 Å². The van der Waals surface area contributed by atoms with E-state index >= 15 is 0 Å². The largest absolute Gasteiger partial charge is 0.463 e. The quantitative estimate of drug-likeness (QED) is 0.443. The first-order valence-corrected chi connectivity index (χ1v) is 3.20. The molecule has 0 bridgehead atoms. The maximum Gasteiger partial charge on any atom is 0.330 e. The van der Waals surface area contributed by atoms with E-state index in [9.17, 15) is 9.18 Å². The number of carbonyl (C=O) groups is 1. The molecule has 0 unspecified atom stereocenters. The number of carbonyl (C=O) groups excluding carboxylic acids is 1. The Kier molecular flexibility index (Phi) is 5.72. The van der Waals surface area contributed by atoms with Gasteiger partial charge in [-0.2, -0.15) is 0 Å². The second kappa shape index (κ2) is 6.26. The Morgan fingerprint density at radius 2 is 2.40 bits per heavy atom. The van der Waals surface area contributed by atoms with Crippen LogP contribution in [0.25, 0.3) is 0 Å². The van der Waals surface area contributed by atoms with E-state index in [4.69, 9.17) is 0 Å². The van der Waals surface area contributed by atoms with Gasteiger partial charge < -0.3 is 4.74 Å². The number of rotatable bonds is 4. The average molecular weight is 146 g/mol. The van der Waals surface area contributed by atoms with Crippen LogP contribution in [0.2, 0.25) is 0 Å². The lowest BCUT2D eigenvalue weighted by atomic mass is 10.4. The van der Waals surface area contributed by atoms with Crippen molar-refractivity contribution in [1.29, 1.82) is 0 Å². The maximum absolute atomic E-state index is 11.4. The molecular formula is C7H11FO2. The van der Waals surface area contributed by atoms with Crippen LogP contribution in [0.4, 0.5) is 4.39 Å². The highest BCUT2D eigenvalue weighted by Crippen LogP contribution is 1.86. The third kappa shape index (κ3) is 5.28.